The third-order valence-corrected chi connectivity index (χ3v) is 29.0. The van der Waals surface area contributed by atoms with Crippen LogP contribution in [-0.4, -0.2) is 312 Å². The van der Waals surface area contributed by atoms with Gasteiger partial charge in [0.25, 0.3) is 0 Å². The van der Waals surface area contributed by atoms with Gasteiger partial charge in [0.2, 0.25) is 17.7 Å². The number of nitrogens with zero attached hydrogens (tertiary/aromatic N) is 19. The second-order valence-corrected chi connectivity index (χ2v) is 38.1. The van der Waals surface area contributed by atoms with E-state index >= 15 is 13.2 Å². The molecule has 0 radical (unpaired) electrons. The van der Waals surface area contributed by atoms with Crippen LogP contribution in [0.3, 0.4) is 0 Å². The number of nitriles is 4. The van der Waals surface area contributed by atoms with E-state index < -0.39 is 54.4 Å². The fraction of sp³-hybridized carbons (Fsp3) is 0.471. The molecular formula is C104H115F3N22O11. The molecule has 36 heteroatoms. The Labute approximate surface area is 811 Å². The Balaban J connectivity index is 0.000000134. The molecular weight excluding hydrogens is 1790 g/mol. The summed E-state index contributed by atoms with van der Waals surface area (Å²) in [6.45, 7) is 18.1. The van der Waals surface area contributed by atoms with Gasteiger partial charge in [0.1, 0.15) is 76.6 Å². The van der Waals surface area contributed by atoms with Gasteiger partial charge >= 0.3 is 0 Å². The highest BCUT2D eigenvalue weighted by Gasteiger charge is 2.54. The lowest BCUT2D eigenvalue weighted by atomic mass is 10.0. The number of piperazine rings is 3. The first kappa shape index (κ1) is 95.5. The number of carbonyl (C=O) groups excluding carboxylic acids is 3. The van der Waals surface area contributed by atoms with Gasteiger partial charge in [-0.25, -0.2) is 43.1 Å². The van der Waals surface area contributed by atoms with Crippen LogP contribution >= 0.6 is 0 Å². The predicted molar refractivity (Wildman–Crippen MR) is 516 cm³/mol. The number of amides is 3. The average Bonchev–Trinajstić information content (AvgIpc) is 1.62. The summed E-state index contributed by atoms with van der Waals surface area (Å²) in [5.74, 6) is 3.03. The van der Waals surface area contributed by atoms with Crippen LogP contribution in [0.25, 0.3) is 34.2 Å². The lowest BCUT2D eigenvalue weighted by molar-refractivity contribution is -0.140. The van der Waals surface area contributed by atoms with Crippen molar-refractivity contribution in [2.24, 2.45) is 17.3 Å². The van der Waals surface area contributed by atoms with Crippen molar-refractivity contribution in [1.29, 1.82) is 21.0 Å². The van der Waals surface area contributed by atoms with Crippen LogP contribution in [0.5, 0.6) is 17.2 Å². The minimum Gasteiger partial charge on any atom is -0.486 e. The van der Waals surface area contributed by atoms with Gasteiger partial charge in [0.05, 0.1) is 112 Å². The third kappa shape index (κ3) is 22.5. The molecule has 9 saturated heterocycles. The Bertz CT molecular complexity index is 5800. The zero-order valence-corrected chi connectivity index (χ0v) is 78.0. The van der Waals surface area contributed by atoms with Crippen molar-refractivity contribution < 1.29 is 66.2 Å². The summed E-state index contributed by atoms with van der Waals surface area (Å²) in [6, 6.07) is 55.7. The number of rotatable bonds is 24. The predicted octanol–water partition coefficient (Wildman–Crippen LogP) is 11.4. The van der Waals surface area contributed by atoms with Crippen LogP contribution in [0.1, 0.15) is 87.3 Å². The molecule has 12 fully saturated rings. The first-order valence-electron chi connectivity index (χ1n) is 48.8. The summed E-state index contributed by atoms with van der Waals surface area (Å²) in [6.07, 6.45) is 2.85. The van der Waals surface area contributed by atoms with E-state index in [1.807, 2.05) is 36.4 Å². The Kier molecular flexibility index (Phi) is 29.7. The third-order valence-electron chi connectivity index (χ3n) is 29.0. The number of anilines is 9. The molecule has 21 rings (SSSR count). The molecule has 5 N–H and O–H groups in total. The molecule has 0 unspecified atom stereocenters. The van der Waals surface area contributed by atoms with Crippen LogP contribution in [0.4, 0.5) is 64.7 Å². The van der Waals surface area contributed by atoms with Crippen LogP contribution in [0.15, 0.2) is 164 Å². The number of hydrogen-bond acceptors (Lipinski definition) is 30. The highest BCUT2D eigenvalue weighted by Crippen LogP contribution is 2.47. The van der Waals surface area contributed by atoms with Crippen molar-refractivity contribution in [3.63, 3.8) is 0 Å². The number of ether oxygens (including phenoxy) is 6. The number of aliphatic hydroxyl groups is 2. The minimum atomic E-state index is -1.43. The SMILES string of the molecule is N#Cc1cc(-c2nccc(Nc3ccc(N4CCN(C5COC5)CC4)cc3)n2)ccc1O[C@H]1CCN(C(=O)C2(C#N)CC2)C[C@H]1F.N#Cc1cc(-c2nccc(Nc3ccc(N4CCN(C5COC5)CC4)cc3)n2)ccc1O[C@H]1CCN(C(=O)[C@H]2CC[C@@H](O)C2)C[C@H]1F.N#Cc1cc(-c2nccc(Nc3ccc(N4CCN(C5COC5)CC4)cc3)n2)ccc1O[C@H]1CCN(C(=O)[C@H]2CC[C@H](O)C2)C[C@H]1F. The number of halogens is 3. The van der Waals surface area contributed by atoms with Gasteiger partial charge in [-0.3, -0.25) is 29.1 Å². The molecule has 33 nitrogen and oxygen atoms in total. The molecule has 3 aliphatic carbocycles. The Morgan fingerprint density at radius 2 is 0.693 bits per heavy atom. The van der Waals surface area contributed by atoms with Crippen LogP contribution < -0.4 is 44.9 Å². The molecule has 3 aromatic heterocycles. The second kappa shape index (κ2) is 43.6. The molecule has 728 valence electrons. The molecule has 3 saturated carbocycles. The number of benzene rings is 6. The highest BCUT2D eigenvalue weighted by atomic mass is 19.1. The van der Waals surface area contributed by atoms with E-state index in [0.29, 0.717) is 154 Å². The first-order valence-corrected chi connectivity index (χ1v) is 48.8. The maximum absolute atomic E-state index is 15.2. The van der Waals surface area contributed by atoms with Crippen molar-refractivity contribution >= 4 is 69.3 Å². The fourth-order valence-electron chi connectivity index (χ4n) is 20.1. The Morgan fingerprint density at radius 3 is 0.957 bits per heavy atom. The number of aliphatic hydroxyl groups excluding tert-OH is 2. The average molecular weight is 1910 g/mol. The van der Waals surface area contributed by atoms with Crippen molar-refractivity contribution in [2.45, 2.75) is 138 Å². The summed E-state index contributed by atoms with van der Waals surface area (Å²) in [4.78, 5) is 84.8. The Morgan fingerprint density at radius 1 is 0.386 bits per heavy atom. The zero-order valence-electron chi connectivity index (χ0n) is 78.0. The molecule has 10 atom stereocenters. The number of hydrogen-bond donors (Lipinski definition) is 5. The molecule has 0 bridgehead atoms. The molecule has 3 amide bonds. The van der Waals surface area contributed by atoms with E-state index in [2.05, 4.69) is 136 Å². The van der Waals surface area contributed by atoms with Gasteiger partial charge < -0.3 is 84.0 Å². The number of aromatic nitrogens is 6. The van der Waals surface area contributed by atoms with E-state index in [1.165, 1.54) is 22.0 Å². The summed E-state index contributed by atoms with van der Waals surface area (Å²) in [7, 11) is 0. The second-order valence-electron chi connectivity index (χ2n) is 38.1. The summed E-state index contributed by atoms with van der Waals surface area (Å²) in [5.41, 5.74) is 7.95. The number of piperidine rings is 3. The van der Waals surface area contributed by atoms with Gasteiger partial charge in [0.15, 0.2) is 36.0 Å². The van der Waals surface area contributed by atoms with Crippen molar-refractivity contribution in [2.75, 3.05) is 188 Å². The maximum Gasteiger partial charge on any atom is 0.243 e. The highest BCUT2D eigenvalue weighted by molar-refractivity contribution is 5.88. The molecule has 9 aliphatic heterocycles. The lowest BCUT2D eigenvalue weighted by Gasteiger charge is -2.43. The van der Waals surface area contributed by atoms with Gasteiger partial charge in [-0.15, -0.1) is 0 Å². The summed E-state index contributed by atoms with van der Waals surface area (Å²) < 4.78 is 79.5. The molecule has 140 heavy (non-hydrogen) atoms. The smallest absolute Gasteiger partial charge is 0.243 e. The first-order chi connectivity index (χ1) is 68.3. The normalized spacial score (nSPS) is 24.4. The Hall–Kier alpha value is -13.4. The quantitative estimate of drug-likeness (QED) is 0.0375. The molecule has 9 aromatic rings. The topological polar surface area (TPSA) is 385 Å². The fourth-order valence-corrected chi connectivity index (χ4v) is 20.1. The summed E-state index contributed by atoms with van der Waals surface area (Å²) in [5, 5.41) is 68.6. The molecule has 6 aromatic carbocycles. The number of carbonyl (C=O) groups is 3. The van der Waals surface area contributed by atoms with Gasteiger partial charge in [-0.2, -0.15) is 21.0 Å². The van der Waals surface area contributed by atoms with Gasteiger partial charge in [0, 0.05) is 199 Å². The van der Waals surface area contributed by atoms with Crippen molar-refractivity contribution in [3.8, 4) is 75.7 Å². The lowest BCUT2D eigenvalue weighted by Crippen LogP contribution is -2.56. The van der Waals surface area contributed by atoms with Crippen LogP contribution in [0, 0.1) is 62.6 Å². The monoisotopic (exact) mass is 1900 g/mol. The van der Waals surface area contributed by atoms with E-state index in [0.717, 1.165) is 135 Å². The van der Waals surface area contributed by atoms with E-state index in [4.69, 9.17) is 28.4 Å². The number of nitrogens with one attached hydrogen (secondary N) is 3. The van der Waals surface area contributed by atoms with E-state index in [9.17, 15) is 45.6 Å². The standard InChI is InChI=1S/2C35H40FN7O4.C34H35FN8O3/c2*36-30-20-43(35(45)24-1-7-29(44)18-24)12-10-32(30)47-31-8-2-23(17-25(31)19-37)34-38-11-9-33(40-34)39-26-3-5-27(6-4-26)41-13-15-42(16-14-41)28-21-46-22-28;35-28-19-43(33(44)34(22-37)9-10-34)12-8-30(28)46-29-6-1-23(17-24(29)18-36)32-38-11-7-31(40-32)39-25-2-4-26(5-3-25)41-13-15-42(16-14-41)27-20-45-21-27/h2*2-6,8-9,11,17,24,28-30,32,44H,1,7,10,12-16,18,20-22H2,(H,38,39,40);1-7,11,17,27-28,30H,8-10,12-16,19-21H2,(H,38,39,40)/t24-,29+,30+,32-;24-,29-,30+,32-;28-,30+/m001/s1. The van der Waals surface area contributed by atoms with Gasteiger partial charge in [-0.1, -0.05) is 0 Å². The number of alkyl halides is 3. The molecule has 12 heterocycles. The van der Waals surface area contributed by atoms with Crippen LogP contribution in [0.2, 0.25) is 0 Å². The van der Waals surface area contributed by atoms with E-state index in [1.54, 1.807) is 101 Å². The zero-order chi connectivity index (χ0) is 96.3. The molecule has 0 spiro atoms. The van der Waals surface area contributed by atoms with Crippen molar-refractivity contribution in [1.82, 2.24) is 59.3 Å². The van der Waals surface area contributed by atoms with Gasteiger partial charge in [-0.05, 0) is 197 Å². The van der Waals surface area contributed by atoms with E-state index in [-0.39, 0.29) is 89.6 Å². The molecule has 12 aliphatic rings. The van der Waals surface area contributed by atoms with Crippen LogP contribution in [-0.2, 0) is 28.6 Å². The minimum absolute atomic E-state index is 0.0556. The maximum atomic E-state index is 15.2. The largest absolute Gasteiger partial charge is 0.486 e. The number of likely N-dealkylation sites (tertiary alicyclic amines) is 3. The van der Waals surface area contributed by atoms with Crippen molar-refractivity contribution in [3.05, 3.63) is 181 Å². The summed E-state index contributed by atoms with van der Waals surface area (Å²) >= 11 is 0.